The molecule has 0 atom stereocenters. The van der Waals surface area contributed by atoms with Crippen LogP contribution in [0.25, 0.3) is 38.6 Å². The molecule has 0 aliphatic carbocycles. The number of aromatic nitrogens is 1. The van der Waals surface area contributed by atoms with Crippen molar-refractivity contribution >= 4 is 62.0 Å². The molecule has 0 saturated heterocycles. The Balaban J connectivity index is 1.13. The predicted octanol–water partition coefficient (Wildman–Crippen LogP) is 9.89. The number of anilines is 3. The summed E-state index contributed by atoms with van der Waals surface area (Å²) in [6.07, 6.45) is 0. The molecule has 0 radical (unpaired) electrons. The number of nitrogens with zero attached hydrogens (tertiary/aromatic N) is 2. The predicted molar refractivity (Wildman–Crippen MR) is 206 cm³/mol. The second-order valence-electron chi connectivity index (χ2n) is 13.9. The Kier molecular flexibility index (Phi) is 5.50. The molecule has 0 amide bonds. The maximum atomic E-state index is 7.06. The lowest BCUT2D eigenvalue weighted by Crippen LogP contribution is -2.61. The van der Waals surface area contributed by atoms with E-state index in [9.17, 15) is 0 Å². The molecule has 8 aromatic rings. The summed E-state index contributed by atoms with van der Waals surface area (Å²) in [5, 5.41) is 2.50. The van der Waals surface area contributed by atoms with Crippen LogP contribution in [0.15, 0.2) is 133 Å². The number of hydrogen-bond donors (Lipinski definition) is 0. The van der Waals surface area contributed by atoms with Crippen LogP contribution in [0.3, 0.4) is 0 Å². The number of ether oxygens (including phenoxy) is 2. The molecule has 4 nitrogen and oxygen atoms in total. The van der Waals surface area contributed by atoms with Crippen LogP contribution >= 0.6 is 0 Å². The normalized spacial score (nSPS) is 13.3. The summed E-state index contributed by atoms with van der Waals surface area (Å²) >= 11 is 0. The first-order valence-corrected chi connectivity index (χ1v) is 17.3. The van der Waals surface area contributed by atoms with E-state index >= 15 is 0 Å². The van der Waals surface area contributed by atoms with Gasteiger partial charge in [0.15, 0.2) is 0 Å². The summed E-state index contributed by atoms with van der Waals surface area (Å²) in [6, 6.07) is 48.0. The molecule has 1 aromatic heterocycles. The average Bonchev–Trinajstić information content (AvgIpc) is 3.47. The summed E-state index contributed by atoms with van der Waals surface area (Å²) in [5.74, 6) is 3.52. The number of para-hydroxylation sites is 2. The van der Waals surface area contributed by atoms with E-state index in [0.29, 0.717) is 0 Å². The van der Waals surface area contributed by atoms with E-state index in [1.807, 2.05) is 0 Å². The van der Waals surface area contributed by atoms with Gasteiger partial charge in [-0.1, -0.05) is 78.4 Å². The van der Waals surface area contributed by atoms with Crippen LogP contribution in [0.4, 0.5) is 17.1 Å². The van der Waals surface area contributed by atoms with E-state index in [2.05, 4.69) is 164 Å². The monoisotopic (exact) mass is 642 g/mol. The lowest BCUT2D eigenvalue weighted by molar-refractivity contribution is 0.465. The summed E-state index contributed by atoms with van der Waals surface area (Å²) in [6.45, 7) is 6.59. The van der Waals surface area contributed by atoms with Gasteiger partial charge in [0.2, 0.25) is 0 Å². The quantitative estimate of drug-likeness (QED) is 0.180. The fraction of sp³-hybridized carbons (Fsp3) is 0.0667. The highest BCUT2D eigenvalue weighted by atomic mass is 16.5. The zero-order chi connectivity index (χ0) is 33.2. The van der Waals surface area contributed by atoms with E-state index in [1.54, 1.807) is 0 Å². The minimum absolute atomic E-state index is 0.0114. The first-order chi connectivity index (χ1) is 24.5. The van der Waals surface area contributed by atoms with E-state index in [-0.39, 0.29) is 6.71 Å². The first kappa shape index (κ1) is 27.7. The number of aryl methyl sites for hydroxylation is 3. The van der Waals surface area contributed by atoms with E-state index < -0.39 is 0 Å². The molecule has 3 aliphatic rings. The third kappa shape index (κ3) is 3.61. The van der Waals surface area contributed by atoms with Gasteiger partial charge in [0.25, 0.3) is 6.71 Å². The van der Waals surface area contributed by atoms with Crippen molar-refractivity contribution in [1.82, 2.24) is 4.57 Å². The standard InChI is InChI=1S/C45H31BN2O2/c1-26-23-27(2)44(28(3)24-26)48-36-17-9-19-38-41(36)46-42-37(48)18-10-20-39(42)50-45-31(21-22-40(49-38)43(45)46)29-11-8-12-30(25-29)47-34-15-6-4-13-32(34)33-14-5-7-16-35(33)47/h4-25H,1-3H3. The van der Waals surface area contributed by atoms with Crippen molar-refractivity contribution in [3.8, 4) is 39.8 Å². The van der Waals surface area contributed by atoms with Crippen LogP contribution in [0.5, 0.6) is 23.0 Å². The van der Waals surface area contributed by atoms with Crippen molar-refractivity contribution < 1.29 is 9.47 Å². The van der Waals surface area contributed by atoms with Crippen molar-refractivity contribution in [1.29, 1.82) is 0 Å². The SMILES string of the molecule is Cc1cc(C)c(N2c3cccc4c3B3c5c(cccc52)Oc2c(-c5cccc(-n6c7ccccc7c7ccccc76)c5)ccc(c23)O4)c(C)c1. The number of benzene rings is 7. The van der Waals surface area contributed by atoms with E-state index in [4.69, 9.17) is 9.47 Å². The molecular formula is C45H31BN2O2. The van der Waals surface area contributed by atoms with Gasteiger partial charge in [-0.25, -0.2) is 0 Å². The fourth-order valence-corrected chi connectivity index (χ4v) is 9.06. The fourth-order valence-electron chi connectivity index (χ4n) is 9.06. The highest BCUT2D eigenvalue weighted by molar-refractivity contribution is 7.00. The number of fused-ring (bicyclic) bond motifs is 3. The van der Waals surface area contributed by atoms with Gasteiger partial charge >= 0.3 is 0 Å². The smallest absolute Gasteiger partial charge is 0.266 e. The van der Waals surface area contributed by atoms with Gasteiger partial charge in [0.05, 0.1) is 16.7 Å². The van der Waals surface area contributed by atoms with Gasteiger partial charge < -0.3 is 18.9 Å². The molecule has 0 saturated carbocycles. The van der Waals surface area contributed by atoms with Crippen LogP contribution < -0.4 is 30.8 Å². The lowest BCUT2D eigenvalue weighted by Gasteiger charge is -2.43. The van der Waals surface area contributed by atoms with Crippen LogP contribution in [0.1, 0.15) is 16.7 Å². The van der Waals surface area contributed by atoms with E-state index in [0.717, 1.165) is 56.6 Å². The molecule has 11 rings (SSSR count). The highest BCUT2D eigenvalue weighted by Crippen LogP contribution is 2.48. The molecule has 3 aliphatic heterocycles. The minimum atomic E-state index is -0.0114. The first-order valence-electron chi connectivity index (χ1n) is 17.3. The molecule has 4 heterocycles. The van der Waals surface area contributed by atoms with E-state index in [1.165, 1.54) is 55.1 Å². The summed E-state index contributed by atoms with van der Waals surface area (Å²) < 4.78 is 16.2. The molecular weight excluding hydrogens is 611 g/mol. The largest absolute Gasteiger partial charge is 0.458 e. The maximum absolute atomic E-state index is 7.06. The van der Waals surface area contributed by atoms with Crippen LogP contribution in [0.2, 0.25) is 0 Å². The van der Waals surface area contributed by atoms with Gasteiger partial charge in [-0.3, -0.25) is 0 Å². The van der Waals surface area contributed by atoms with Crippen molar-refractivity contribution in [3.05, 3.63) is 150 Å². The molecule has 0 spiro atoms. The Morgan fingerprint density at radius 1 is 0.520 bits per heavy atom. The number of hydrogen-bond acceptors (Lipinski definition) is 3. The summed E-state index contributed by atoms with van der Waals surface area (Å²) in [4.78, 5) is 2.43. The number of rotatable bonds is 3. The minimum Gasteiger partial charge on any atom is -0.458 e. The molecule has 5 heteroatoms. The molecule has 236 valence electrons. The van der Waals surface area contributed by atoms with Crippen LogP contribution in [-0.4, -0.2) is 11.3 Å². The Morgan fingerprint density at radius 2 is 1.12 bits per heavy atom. The second-order valence-corrected chi connectivity index (χ2v) is 13.9. The average molecular weight is 643 g/mol. The van der Waals surface area contributed by atoms with Gasteiger partial charge in [-0.15, -0.1) is 0 Å². The molecule has 0 fully saturated rings. The topological polar surface area (TPSA) is 26.6 Å². The molecule has 50 heavy (non-hydrogen) atoms. The van der Waals surface area contributed by atoms with Crippen molar-refractivity contribution in [2.24, 2.45) is 0 Å². The van der Waals surface area contributed by atoms with Crippen LogP contribution in [-0.2, 0) is 0 Å². The Bertz CT molecular complexity index is 2680. The van der Waals surface area contributed by atoms with Gasteiger partial charge in [-0.2, -0.15) is 0 Å². The Labute approximate surface area is 290 Å². The molecule has 0 bridgehead atoms. The van der Waals surface area contributed by atoms with Gasteiger partial charge in [0.1, 0.15) is 23.0 Å². The van der Waals surface area contributed by atoms with Crippen LogP contribution in [0, 0.1) is 20.8 Å². The van der Waals surface area contributed by atoms with Crippen molar-refractivity contribution in [3.63, 3.8) is 0 Å². The maximum Gasteiger partial charge on any atom is 0.266 e. The zero-order valence-electron chi connectivity index (χ0n) is 28.0. The van der Waals surface area contributed by atoms with Gasteiger partial charge in [0, 0.05) is 38.9 Å². The zero-order valence-corrected chi connectivity index (χ0v) is 28.0. The van der Waals surface area contributed by atoms with Crippen molar-refractivity contribution in [2.75, 3.05) is 4.90 Å². The highest BCUT2D eigenvalue weighted by Gasteiger charge is 2.48. The molecule has 0 N–H and O–H groups in total. The third-order valence-electron chi connectivity index (χ3n) is 10.9. The van der Waals surface area contributed by atoms with Crippen molar-refractivity contribution in [2.45, 2.75) is 20.8 Å². The lowest BCUT2D eigenvalue weighted by atomic mass is 9.33. The summed E-state index contributed by atoms with van der Waals surface area (Å²) in [7, 11) is 0. The Morgan fingerprint density at radius 3 is 1.80 bits per heavy atom. The second kappa shape index (κ2) is 9.93. The molecule has 7 aromatic carbocycles. The summed E-state index contributed by atoms with van der Waals surface area (Å²) in [5.41, 5.74) is 16.4. The molecule has 0 unspecified atom stereocenters. The third-order valence-corrected chi connectivity index (χ3v) is 10.9. The Hall–Kier alpha value is -6.20. The van der Waals surface area contributed by atoms with Gasteiger partial charge in [-0.05, 0) is 109 Å².